The molecule has 6 nitrogen and oxygen atoms in total. The quantitative estimate of drug-likeness (QED) is 0.752. The first kappa shape index (κ1) is 14.4. The van der Waals surface area contributed by atoms with Gasteiger partial charge in [-0.2, -0.15) is 4.98 Å². The van der Waals surface area contributed by atoms with Crippen molar-refractivity contribution in [3.8, 4) is 0 Å². The van der Waals surface area contributed by atoms with Gasteiger partial charge in [-0.25, -0.2) is 0 Å². The molecular formula is C13H22N2O4. The Kier molecular flexibility index (Phi) is 5.75. The lowest BCUT2D eigenvalue weighted by Gasteiger charge is -2.24. The molecule has 0 aromatic carbocycles. The number of aliphatic hydroxyl groups is 1. The summed E-state index contributed by atoms with van der Waals surface area (Å²) in [4.78, 5) is 4.35. The molecule has 108 valence electrons. The number of aliphatic hydroxyl groups excluding tert-OH is 1. The molecule has 1 aromatic heterocycles. The van der Waals surface area contributed by atoms with Crippen LogP contribution in [0.2, 0.25) is 0 Å². The predicted molar refractivity (Wildman–Crippen MR) is 67.9 cm³/mol. The lowest BCUT2D eigenvalue weighted by atomic mass is 9.86. The van der Waals surface area contributed by atoms with Crippen molar-refractivity contribution in [2.24, 2.45) is 0 Å². The zero-order valence-electron chi connectivity index (χ0n) is 11.4. The van der Waals surface area contributed by atoms with Crippen molar-refractivity contribution < 1.29 is 19.1 Å². The fourth-order valence-electron chi connectivity index (χ4n) is 2.33. The number of nitrogens with zero attached hydrogens (tertiary/aromatic N) is 2. The van der Waals surface area contributed by atoms with Gasteiger partial charge in [-0.3, -0.25) is 0 Å². The molecule has 1 aromatic rings. The number of methoxy groups -OCH3 is 1. The van der Waals surface area contributed by atoms with Gasteiger partial charge in [-0.05, 0) is 12.8 Å². The SMILES string of the molecule is COCCOCCc1noc(C2CCCCC2O)n1. The predicted octanol–water partition coefficient (Wildman–Crippen LogP) is 1.29. The topological polar surface area (TPSA) is 77.6 Å². The molecule has 1 N–H and O–H groups in total. The lowest BCUT2D eigenvalue weighted by Crippen LogP contribution is -2.22. The fourth-order valence-corrected chi connectivity index (χ4v) is 2.33. The van der Waals surface area contributed by atoms with Crippen molar-refractivity contribution >= 4 is 0 Å². The molecule has 1 aliphatic rings. The van der Waals surface area contributed by atoms with Gasteiger partial charge in [-0.15, -0.1) is 0 Å². The average molecular weight is 270 g/mol. The minimum absolute atomic E-state index is 0.00408. The number of ether oxygens (including phenoxy) is 2. The van der Waals surface area contributed by atoms with Crippen molar-refractivity contribution in [2.45, 2.75) is 44.1 Å². The average Bonchev–Trinajstić information content (AvgIpc) is 2.88. The van der Waals surface area contributed by atoms with Crippen LogP contribution >= 0.6 is 0 Å². The Hall–Kier alpha value is -0.980. The molecule has 0 aliphatic heterocycles. The third-order valence-corrected chi connectivity index (χ3v) is 3.43. The molecule has 1 heterocycles. The zero-order valence-corrected chi connectivity index (χ0v) is 11.4. The first-order chi connectivity index (χ1) is 9.31. The summed E-state index contributed by atoms with van der Waals surface area (Å²) < 4.78 is 15.5. The zero-order chi connectivity index (χ0) is 13.5. The van der Waals surface area contributed by atoms with Gasteiger partial charge in [0.1, 0.15) is 0 Å². The molecule has 0 amide bonds. The maximum absolute atomic E-state index is 9.94. The third-order valence-electron chi connectivity index (χ3n) is 3.43. The van der Waals surface area contributed by atoms with Gasteiger partial charge in [0.05, 0.1) is 31.8 Å². The van der Waals surface area contributed by atoms with Crippen molar-refractivity contribution in [2.75, 3.05) is 26.9 Å². The molecule has 1 aliphatic carbocycles. The Bertz CT molecular complexity index is 369. The van der Waals surface area contributed by atoms with Crippen LogP contribution in [-0.2, 0) is 15.9 Å². The molecule has 1 saturated carbocycles. The summed E-state index contributed by atoms with van der Waals surface area (Å²) in [5.74, 6) is 1.22. The lowest BCUT2D eigenvalue weighted by molar-refractivity contribution is 0.0714. The molecule has 1 fully saturated rings. The second-order valence-electron chi connectivity index (χ2n) is 4.86. The van der Waals surface area contributed by atoms with E-state index >= 15 is 0 Å². The standard InChI is InChI=1S/C13H22N2O4/c1-17-8-9-18-7-6-12-14-13(19-15-12)10-4-2-3-5-11(10)16/h10-11,16H,2-9H2,1H3. The molecule has 19 heavy (non-hydrogen) atoms. The Morgan fingerprint density at radius 3 is 2.89 bits per heavy atom. The summed E-state index contributed by atoms with van der Waals surface area (Å²) in [6.07, 6.45) is 4.21. The number of hydrogen-bond donors (Lipinski definition) is 1. The van der Waals surface area contributed by atoms with Crippen LogP contribution in [0.15, 0.2) is 4.52 Å². The van der Waals surface area contributed by atoms with E-state index in [1.165, 1.54) is 0 Å². The summed E-state index contributed by atoms with van der Waals surface area (Å²) in [5.41, 5.74) is 0. The van der Waals surface area contributed by atoms with Crippen LogP contribution in [0.3, 0.4) is 0 Å². The number of hydrogen-bond acceptors (Lipinski definition) is 6. The molecule has 0 saturated heterocycles. The Morgan fingerprint density at radius 2 is 2.11 bits per heavy atom. The van der Waals surface area contributed by atoms with E-state index in [0.717, 1.165) is 25.7 Å². The van der Waals surface area contributed by atoms with Gasteiger partial charge < -0.3 is 19.1 Å². The normalized spacial score (nSPS) is 23.7. The van der Waals surface area contributed by atoms with Crippen LogP contribution in [0, 0.1) is 0 Å². The molecule has 2 rings (SSSR count). The van der Waals surface area contributed by atoms with Crippen LogP contribution in [-0.4, -0.2) is 48.3 Å². The van der Waals surface area contributed by atoms with Crippen LogP contribution < -0.4 is 0 Å². The molecule has 0 radical (unpaired) electrons. The van der Waals surface area contributed by atoms with Crippen molar-refractivity contribution in [1.82, 2.24) is 10.1 Å². The first-order valence-corrected chi connectivity index (χ1v) is 6.88. The van der Waals surface area contributed by atoms with Crippen LogP contribution in [0.1, 0.15) is 43.3 Å². The van der Waals surface area contributed by atoms with Crippen molar-refractivity contribution in [3.63, 3.8) is 0 Å². The largest absolute Gasteiger partial charge is 0.392 e. The number of rotatable bonds is 7. The highest BCUT2D eigenvalue weighted by Gasteiger charge is 2.29. The van der Waals surface area contributed by atoms with E-state index in [4.69, 9.17) is 14.0 Å². The summed E-state index contributed by atoms with van der Waals surface area (Å²) in [6, 6.07) is 0. The van der Waals surface area contributed by atoms with Crippen LogP contribution in [0.25, 0.3) is 0 Å². The summed E-state index contributed by atoms with van der Waals surface area (Å²) in [5, 5.41) is 13.9. The summed E-state index contributed by atoms with van der Waals surface area (Å²) in [6.45, 7) is 1.71. The highest BCUT2D eigenvalue weighted by Crippen LogP contribution is 2.31. The molecule has 2 atom stereocenters. The molecule has 2 unspecified atom stereocenters. The van der Waals surface area contributed by atoms with E-state index in [2.05, 4.69) is 10.1 Å². The van der Waals surface area contributed by atoms with Crippen molar-refractivity contribution in [1.29, 1.82) is 0 Å². The number of aromatic nitrogens is 2. The Labute approximate surface area is 113 Å². The van der Waals surface area contributed by atoms with Crippen LogP contribution in [0.4, 0.5) is 0 Å². The van der Waals surface area contributed by atoms with Gasteiger partial charge in [0, 0.05) is 13.5 Å². The van der Waals surface area contributed by atoms with E-state index in [9.17, 15) is 5.11 Å². The maximum Gasteiger partial charge on any atom is 0.232 e. The monoisotopic (exact) mass is 270 g/mol. The highest BCUT2D eigenvalue weighted by atomic mass is 16.5. The van der Waals surface area contributed by atoms with E-state index in [0.29, 0.717) is 38.0 Å². The summed E-state index contributed by atoms with van der Waals surface area (Å²) in [7, 11) is 1.64. The van der Waals surface area contributed by atoms with Crippen LogP contribution in [0.5, 0.6) is 0 Å². The maximum atomic E-state index is 9.94. The fraction of sp³-hybridized carbons (Fsp3) is 0.846. The van der Waals surface area contributed by atoms with E-state index in [1.807, 2.05) is 0 Å². The van der Waals surface area contributed by atoms with Gasteiger partial charge in [0.2, 0.25) is 5.89 Å². The van der Waals surface area contributed by atoms with E-state index in [1.54, 1.807) is 7.11 Å². The second-order valence-corrected chi connectivity index (χ2v) is 4.86. The van der Waals surface area contributed by atoms with E-state index < -0.39 is 0 Å². The van der Waals surface area contributed by atoms with Gasteiger partial charge in [-0.1, -0.05) is 18.0 Å². The minimum Gasteiger partial charge on any atom is -0.392 e. The van der Waals surface area contributed by atoms with Gasteiger partial charge in [0.15, 0.2) is 5.82 Å². The van der Waals surface area contributed by atoms with Gasteiger partial charge >= 0.3 is 0 Å². The smallest absolute Gasteiger partial charge is 0.232 e. The Balaban J connectivity index is 1.78. The van der Waals surface area contributed by atoms with E-state index in [-0.39, 0.29) is 12.0 Å². The summed E-state index contributed by atoms with van der Waals surface area (Å²) >= 11 is 0. The second kappa shape index (κ2) is 7.57. The highest BCUT2D eigenvalue weighted by molar-refractivity contribution is 4.99. The van der Waals surface area contributed by atoms with Crippen molar-refractivity contribution in [3.05, 3.63) is 11.7 Å². The third kappa shape index (κ3) is 4.26. The minimum atomic E-state index is -0.347. The van der Waals surface area contributed by atoms with Gasteiger partial charge in [0.25, 0.3) is 0 Å². The molecule has 6 heteroatoms. The first-order valence-electron chi connectivity index (χ1n) is 6.88. The molecule has 0 spiro atoms. The molecular weight excluding hydrogens is 248 g/mol. The Morgan fingerprint density at radius 1 is 1.26 bits per heavy atom. The molecule has 0 bridgehead atoms.